The predicted octanol–water partition coefficient (Wildman–Crippen LogP) is 0.815. The summed E-state index contributed by atoms with van der Waals surface area (Å²) in [5.41, 5.74) is 7.73. The number of rotatable bonds is 8. The SMILES string of the molecule is Cc1ccc(S(=O)(=O)NCCN=C(N)NCCc2ccccn2)cc1. The van der Waals surface area contributed by atoms with E-state index in [1.165, 1.54) is 0 Å². The van der Waals surface area contributed by atoms with Crippen LogP contribution in [0.1, 0.15) is 11.3 Å². The van der Waals surface area contributed by atoms with Gasteiger partial charge in [0, 0.05) is 31.4 Å². The highest BCUT2D eigenvalue weighted by molar-refractivity contribution is 7.89. The minimum atomic E-state index is -3.52. The van der Waals surface area contributed by atoms with Crippen molar-refractivity contribution in [3.05, 3.63) is 59.9 Å². The molecule has 0 radical (unpaired) electrons. The first-order chi connectivity index (χ1) is 12.0. The smallest absolute Gasteiger partial charge is 0.240 e. The fourth-order valence-electron chi connectivity index (χ4n) is 2.08. The van der Waals surface area contributed by atoms with Gasteiger partial charge in [0.25, 0.3) is 0 Å². The monoisotopic (exact) mass is 361 g/mol. The van der Waals surface area contributed by atoms with Crippen LogP contribution in [0.25, 0.3) is 0 Å². The lowest BCUT2D eigenvalue weighted by Gasteiger charge is -2.07. The van der Waals surface area contributed by atoms with Gasteiger partial charge >= 0.3 is 0 Å². The molecule has 0 unspecified atom stereocenters. The quantitative estimate of drug-likeness (QED) is 0.366. The van der Waals surface area contributed by atoms with Gasteiger partial charge in [0.2, 0.25) is 10.0 Å². The number of pyridine rings is 1. The van der Waals surface area contributed by atoms with Crippen molar-refractivity contribution in [2.24, 2.45) is 10.7 Å². The van der Waals surface area contributed by atoms with Gasteiger partial charge in [-0.05, 0) is 31.2 Å². The van der Waals surface area contributed by atoms with E-state index in [0.717, 1.165) is 17.7 Å². The Bertz CT molecular complexity index is 790. The van der Waals surface area contributed by atoms with Gasteiger partial charge in [-0.15, -0.1) is 0 Å². The summed E-state index contributed by atoms with van der Waals surface area (Å²) in [6.45, 7) is 2.95. The molecule has 4 N–H and O–H groups in total. The average molecular weight is 361 g/mol. The van der Waals surface area contributed by atoms with Crippen LogP contribution >= 0.6 is 0 Å². The van der Waals surface area contributed by atoms with Gasteiger partial charge in [-0.25, -0.2) is 13.1 Å². The molecule has 7 nitrogen and oxygen atoms in total. The number of aryl methyl sites for hydroxylation is 1. The molecule has 0 amide bonds. The van der Waals surface area contributed by atoms with Gasteiger partial charge in [-0.2, -0.15) is 0 Å². The Morgan fingerprint density at radius 2 is 1.92 bits per heavy atom. The molecule has 0 spiro atoms. The van der Waals surface area contributed by atoms with Crippen molar-refractivity contribution < 1.29 is 8.42 Å². The van der Waals surface area contributed by atoms with E-state index in [1.54, 1.807) is 30.5 Å². The van der Waals surface area contributed by atoms with E-state index in [4.69, 9.17) is 5.73 Å². The Morgan fingerprint density at radius 3 is 2.60 bits per heavy atom. The summed E-state index contributed by atoms with van der Waals surface area (Å²) in [6, 6.07) is 12.4. The number of aliphatic imine (C=N–C) groups is 1. The molecule has 2 aromatic rings. The number of hydrogen-bond acceptors (Lipinski definition) is 4. The van der Waals surface area contributed by atoms with Crippen LogP contribution in [-0.2, 0) is 16.4 Å². The van der Waals surface area contributed by atoms with E-state index in [-0.39, 0.29) is 23.9 Å². The number of sulfonamides is 1. The zero-order valence-corrected chi connectivity index (χ0v) is 15.0. The van der Waals surface area contributed by atoms with Crippen LogP contribution in [0.4, 0.5) is 0 Å². The van der Waals surface area contributed by atoms with E-state index in [0.29, 0.717) is 6.54 Å². The Balaban J connectivity index is 1.71. The highest BCUT2D eigenvalue weighted by Crippen LogP contribution is 2.09. The molecule has 1 aromatic carbocycles. The number of hydrogen-bond donors (Lipinski definition) is 3. The van der Waals surface area contributed by atoms with E-state index >= 15 is 0 Å². The number of nitrogens with one attached hydrogen (secondary N) is 2. The number of aromatic nitrogens is 1. The maximum atomic E-state index is 12.1. The maximum absolute atomic E-state index is 12.1. The van der Waals surface area contributed by atoms with Crippen molar-refractivity contribution in [1.82, 2.24) is 15.0 Å². The molecule has 0 aliphatic rings. The third-order valence-corrected chi connectivity index (χ3v) is 4.91. The lowest BCUT2D eigenvalue weighted by molar-refractivity contribution is 0.582. The summed E-state index contributed by atoms with van der Waals surface area (Å²) in [7, 11) is -3.52. The highest BCUT2D eigenvalue weighted by atomic mass is 32.2. The van der Waals surface area contributed by atoms with Crippen LogP contribution in [-0.4, -0.2) is 39.0 Å². The zero-order valence-electron chi connectivity index (χ0n) is 14.1. The summed E-state index contributed by atoms with van der Waals surface area (Å²) in [5.74, 6) is 0.283. The number of nitrogens with two attached hydrogens (primary N) is 1. The molecule has 8 heteroatoms. The van der Waals surface area contributed by atoms with Crippen LogP contribution in [0.3, 0.4) is 0 Å². The van der Waals surface area contributed by atoms with Gasteiger partial charge in [0.05, 0.1) is 11.4 Å². The summed E-state index contributed by atoms with van der Waals surface area (Å²) in [4.78, 5) is 8.56. The van der Waals surface area contributed by atoms with Crippen molar-refractivity contribution >= 4 is 16.0 Å². The first kappa shape index (κ1) is 18.9. The van der Waals surface area contributed by atoms with Gasteiger partial charge < -0.3 is 11.1 Å². The molecule has 0 atom stereocenters. The van der Waals surface area contributed by atoms with Crippen molar-refractivity contribution in [3.8, 4) is 0 Å². The van der Waals surface area contributed by atoms with Crippen molar-refractivity contribution in [3.63, 3.8) is 0 Å². The van der Waals surface area contributed by atoms with Crippen LogP contribution in [0.5, 0.6) is 0 Å². The van der Waals surface area contributed by atoms with E-state index in [9.17, 15) is 8.42 Å². The lowest BCUT2D eigenvalue weighted by atomic mass is 10.2. The van der Waals surface area contributed by atoms with Crippen molar-refractivity contribution in [1.29, 1.82) is 0 Å². The van der Waals surface area contributed by atoms with Gasteiger partial charge in [0.1, 0.15) is 0 Å². The largest absolute Gasteiger partial charge is 0.370 e. The topological polar surface area (TPSA) is 109 Å². The predicted molar refractivity (Wildman–Crippen MR) is 98.8 cm³/mol. The van der Waals surface area contributed by atoms with Crippen LogP contribution < -0.4 is 15.8 Å². The third kappa shape index (κ3) is 6.52. The second kappa shape index (κ2) is 9.14. The Kier molecular flexibility index (Phi) is 6.91. The first-order valence-corrected chi connectivity index (χ1v) is 9.46. The molecule has 0 saturated heterocycles. The van der Waals surface area contributed by atoms with Crippen LogP contribution in [0, 0.1) is 6.92 Å². The molecule has 0 saturated carbocycles. The number of guanidine groups is 1. The van der Waals surface area contributed by atoms with Gasteiger partial charge in [0.15, 0.2) is 5.96 Å². The first-order valence-electron chi connectivity index (χ1n) is 7.97. The molecular weight excluding hydrogens is 338 g/mol. The number of benzene rings is 1. The number of nitrogens with zero attached hydrogens (tertiary/aromatic N) is 2. The highest BCUT2D eigenvalue weighted by Gasteiger charge is 2.12. The maximum Gasteiger partial charge on any atom is 0.240 e. The molecular formula is C17H23N5O2S. The average Bonchev–Trinajstić information content (AvgIpc) is 2.60. The van der Waals surface area contributed by atoms with Crippen LogP contribution in [0.15, 0.2) is 58.5 Å². The molecule has 0 aliphatic carbocycles. The molecule has 0 bridgehead atoms. The molecule has 2 rings (SSSR count). The Labute approximate surface area is 148 Å². The fourth-order valence-corrected chi connectivity index (χ4v) is 3.10. The minimum absolute atomic E-state index is 0.179. The normalized spacial score (nSPS) is 12.1. The van der Waals surface area contributed by atoms with Crippen LogP contribution in [0.2, 0.25) is 0 Å². The van der Waals surface area contributed by atoms with Gasteiger partial charge in [-0.3, -0.25) is 9.98 Å². The van der Waals surface area contributed by atoms with Crippen molar-refractivity contribution in [2.45, 2.75) is 18.2 Å². The molecule has 1 heterocycles. The minimum Gasteiger partial charge on any atom is -0.370 e. The Hall–Kier alpha value is -2.45. The van der Waals surface area contributed by atoms with E-state index in [1.807, 2.05) is 25.1 Å². The summed E-state index contributed by atoms with van der Waals surface area (Å²) >= 11 is 0. The lowest BCUT2D eigenvalue weighted by Crippen LogP contribution is -2.34. The molecule has 0 aliphatic heterocycles. The van der Waals surface area contributed by atoms with Crippen molar-refractivity contribution in [2.75, 3.05) is 19.6 Å². The third-order valence-electron chi connectivity index (χ3n) is 3.43. The zero-order chi connectivity index (χ0) is 18.1. The van der Waals surface area contributed by atoms with Gasteiger partial charge in [-0.1, -0.05) is 23.8 Å². The molecule has 25 heavy (non-hydrogen) atoms. The van der Waals surface area contributed by atoms with E-state index in [2.05, 4.69) is 20.0 Å². The molecule has 134 valence electrons. The molecule has 1 aromatic heterocycles. The Morgan fingerprint density at radius 1 is 1.16 bits per heavy atom. The standard InChI is InChI=1S/C17H23N5O2S/c1-14-5-7-16(8-6-14)25(23,24)22-13-12-21-17(18)20-11-9-15-4-2-3-10-19-15/h2-8,10,22H,9,11-13H2,1H3,(H3,18,20,21). The summed E-state index contributed by atoms with van der Waals surface area (Å²) in [6.07, 6.45) is 2.48. The van der Waals surface area contributed by atoms with E-state index < -0.39 is 10.0 Å². The summed E-state index contributed by atoms with van der Waals surface area (Å²) < 4.78 is 26.7. The fraction of sp³-hybridized carbons (Fsp3) is 0.294. The second-order valence-corrected chi connectivity index (χ2v) is 7.24. The summed E-state index contributed by atoms with van der Waals surface area (Å²) in [5, 5.41) is 2.98. The second-order valence-electron chi connectivity index (χ2n) is 5.48. The molecule has 0 fully saturated rings.